The van der Waals surface area contributed by atoms with Gasteiger partial charge in [0.05, 0.1) is 6.10 Å². The van der Waals surface area contributed by atoms with E-state index in [9.17, 15) is 5.11 Å². The maximum atomic E-state index is 9.47. The Kier molecular flexibility index (Phi) is 4.78. The molecule has 2 heterocycles. The Morgan fingerprint density at radius 3 is 3.00 bits per heavy atom. The van der Waals surface area contributed by atoms with Crippen molar-refractivity contribution < 1.29 is 9.84 Å². The van der Waals surface area contributed by atoms with Crippen molar-refractivity contribution >= 4 is 5.69 Å². The highest BCUT2D eigenvalue weighted by molar-refractivity contribution is 5.48. The number of hydrogen-bond acceptors (Lipinski definition) is 5. The number of pyridine rings is 1. The number of anilines is 1. The van der Waals surface area contributed by atoms with E-state index in [2.05, 4.69) is 15.2 Å². The van der Waals surface area contributed by atoms with Gasteiger partial charge in [-0.25, -0.2) is 4.98 Å². The topological polar surface area (TPSA) is 57.6 Å². The number of aliphatic hydroxyl groups excluding tert-OH is 1. The van der Waals surface area contributed by atoms with Gasteiger partial charge in [-0.1, -0.05) is 6.92 Å². The van der Waals surface area contributed by atoms with Crippen LogP contribution in [0.2, 0.25) is 0 Å². The Bertz CT molecular complexity index is 367. The molecule has 1 aromatic rings. The number of piperazine rings is 1. The first-order valence-electron chi connectivity index (χ1n) is 6.52. The highest BCUT2D eigenvalue weighted by Crippen LogP contribution is 2.19. The number of aromatic nitrogens is 1. The summed E-state index contributed by atoms with van der Waals surface area (Å²) in [6.07, 6.45) is 2.03. The Labute approximate surface area is 108 Å². The summed E-state index contributed by atoms with van der Waals surface area (Å²) in [4.78, 5) is 6.47. The van der Waals surface area contributed by atoms with Gasteiger partial charge in [-0.2, -0.15) is 0 Å². The Balaban J connectivity index is 1.96. The fraction of sp³-hybridized carbons (Fsp3) is 0.615. The molecule has 0 radical (unpaired) electrons. The minimum absolute atomic E-state index is 0.300. The van der Waals surface area contributed by atoms with E-state index in [1.807, 2.05) is 19.1 Å². The van der Waals surface area contributed by atoms with Crippen LogP contribution in [0.5, 0.6) is 5.88 Å². The molecule has 5 nitrogen and oxygen atoms in total. The number of aliphatic hydroxyl groups is 1. The molecule has 1 aliphatic heterocycles. The fourth-order valence-electron chi connectivity index (χ4n) is 1.90. The van der Waals surface area contributed by atoms with Crippen molar-refractivity contribution in [3.63, 3.8) is 0 Å². The molecular weight excluding hydrogens is 230 g/mol. The first-order chi connectivity index (χ1) is 8.79. The summed E-state index contributed by atoms with van der Waals surface area (Å²) in [7, 11) is 0. The molecule has 1 aliphatic rings. The lowest BCUT2D eigenvalue weighted by Crippen LogP contribution is -2.43. The Morgan fingerprint density at radius 2 is 2.28 bits per heavy atom. The van der Waals surface area contributed by atoms with Crippen LogP contribution in [0.3, 0.4) is 0 Å². The van der Waals surface area contributed by atoms with Crippen LogP contribution in [0.25, 0.3) is 0 Å². The van der Waals surface area contributed by atoms with E-state index in [-0.39, 0.29) is 0 Å². The first-order valence-corrected chi connectivity index (χ1v) is 6.52. The van der Waals surface area contributed by atoms with Crippen LogP contribution < -0.4 is 15.0 Å². The predicted molar refractivity (Wildman–Crippen MR) is 71.1 cm³/mol. The Hall–Kier alpha value is -1.33. The molecule has 18 heavy (non-hydrogen) atoms. The third-order valence-electron chi connectivity index (χ3n) is 3.10. The standard InChI is InChI=1S/C13H21N3O2/c1-2-12(17)10-18-13-9-11(3-4-15-13)16-7-5-14-6-8-16/h3-4,9,12,14,17H,2,5-8,10H2,1H3/t12-/m0/s1. The van der Waals surface area contributed by atoms with E-state index in [0.717, 1.165) is 31.9 Å². The largest absolute Gasteiger partial charge is 0.475 e. The van der Waals surface area contributed by atoms with E-state index in [4.69, 9.17) is 4.74 Å². The lowest BCUT2D eigenvalue weighted by Gasteiger charge is -2.29. The summed E-state index contributed by atoms with van der Waals surface area (Å²) in [5, 5.41) is 12.8. The molecule has 0 spiro atoms. The van der Waals surface area contributed by atoms with Crippen LogP contribution in [0, 0.1) is 0 Å². The molecule has 0 aliphatic carbocycles. The summed E-state index contributed by atoms with van der Waals surface area (Å²) in [5.74, 6) is 0.582. The van der Waals surface area contributed by atoms with Gasteiger partial charge in [0.25, 0.3) is 0 Å². The minimum Gasteiger partial charge on any atom is -0.475 e. The van der Waals surface area contributed by atoms with Gasteiger partial charge in [0.1, 0.15) is 6.61 Å². The fourth-order valence-corrected chi connectivity index (χ4v) is 1.90. The average molecular weight is 251 g/mol. The normalized spacial score (nSPS) is 17.6. The summed E-state index contributed by atoms with van der Waals surface area (Å²) in [6.45, 7) is 6.25. The third kappa shape index (κ3) is 3.58. The molecular formula is C13H21N3O2. The second-order valence-electron chi connectivity index (χ2n) is 4.46. The first kappa shape index (κ1) is 13.1. The lowest BCUT2D eigenvalue weighted by atomic mass is 10.3. The van der Waals surface area contributed by atoms with E-state index in [1.165, 1.54) is 0 Å². The third-order valence-corrected chi connectivity index (χ3v) is 3.10. The molecule has 0 bridgehead atoms. The number of nitrogens with zero attached hydrogens (tertiary/aromatic N) is 2. The van der Waals surface area contributed by atoms with Gasteiger partial charge in [-0.15, -0.1) is 0 Å². The van der Waals surface area contributed by atoms with Gasteiger partial charge in [0, 0.05) is 44.1 Å². The highest BCUT2D eigenvalue weighted by atomic mass is 16.5. The molecule has 1 fully saturated rings. The molecule has 100 valence electrons. The molecule has 5 heteroatoms. The van der Waals surface area contributed by atoms with Crippen LogP contribution in [-0.2, 0) is 0 Å². The summed E-state index contributed by atoms with van der Waals surface area (Å²) in [5.41, 5.74) is 1.13. The van der Waals surface area contributed by atoms with Crippen molar-refractivity contribution in [1.29, 1.82) is 0 Å². The summed E-state index contributed by atoms with van der Waals surface area (Å²) >= 11 is 0. The SMILES string of the molecule is CC[C@H](O)COc1cc(N2CCNCC2)ccn1. The smallest absolute Gasteiger partial charge is 0.215 e. The second-order valence-corrected chi connectivity index (χ2v) is 4.46. The van der Waals surface area contributed by atoms with E-state index >= 15 is 0 Å². The van der Waals surface area contributed by atoms with Gasteiger partial charge in [-0.05, 0) is 12.5 Å². The summed E-state index contributed by atoms with van der Waals surface area (Å²) < 4.78 is 5.49. The van der Waals surface area contributed by atoms with Gasteiger partial charge in [0.15, 0.2) is 0 Å². The monoisotopic (exact) mass is 251 g/mol. The second kappa shape index (κ2) is 6.56. The molecule has 1 atom stereocenters. The zero-order valence-corrected chi connectivity index (χ0v) is 10.8. The predicted octanol–water partition coefficient (Wildman–Crippen LogP) is 0.641. The number of nitrogens with one attached hydrogen (secondary N) is 1. The summed E-state index contributed by atoms with van der Waals surface area (Å²) in [6, 6.07) is 3.93. The number of hydrogen-bond donors (Lipinski definition) is 2. The van der Waals surface area contributed by atoms with Crippen LogP contribution >= 0.6 is 0 Å². The zero-order valence-electron chi connectivity index (χ0n) is 10.8. The highest BCUT2D eigenvalue weighted by Gasteiger charge is 2.11. The molecule has 0 amide bonds. The number of rotatable bonds is 5. The van der Waals surface area contributed by atoms with Crippen molar-refractivity contribution in [2.24, 2.45) is 0 Å². The zero-order chi connectivity index (χ0) is 12.8. The molecule has 1 aromatic heterocycles. The van der Waals surface area contributed by atoms with E-state index in [0.29, 0.717) is 18.9 Å². The van der Waals surface area contributed by atoms with Crippen molar-refractivity contribution in [2.45, 2.75) is 19.4 Å². The molecule has 0 aromatic carbocycles. The molecule has 0 unspecified atom stereocenters. The quantitative estimate of drug-likeness (QED) is 0.804. The lowest BCUT2D eigenvalue weighted by molar-refractivity contribution is 0.102. The minimum atomic E-state index is -0.422. The molecule has 1 saturated heterocycles. The van der Waals surface area contributed by atoms with Crippen LogP contribution in [0.4, 0.5) is 5.69 Å². The maximum absolute atomic E-state index is 9.47. The van der Waals surface area contributed by atoms with Gasteiger partial charge >= 0.3 is 0 Å². The van der Waals surface area contributed by atoms with Gasteiger partial charge < -0.3 is 20.1 Å². The van der Waals surface area contributed by atoms with Gasteiger partial charge in [0.2, 0.25) is 5.88 Å². The molecule has 0 saturated carbocycles. The molecule has 2 N–H and O–H groups in total. The van der Waals surface area contributed by atoms with Crippen molar-refractivity contribution in [3.05, 3.63) is 18.3 Å². The van der Waals surface area contributed by atoms with Crippen LogP contribution in [0.15, 0.2) is 18.3 Å². The van der Waals surface area contributed by atoms with Crippen LogP contribution in [0.1, 0.15) is 13.3 Å². The number of ether oxygens (including phenoxy) is 1. The van der Waals surface area contributed by atoms with Crippen molar-refractivity contribution in [1.82, 2.24) is 10.3 Å². The Morgan fingerprint density at radius 1 is 1.50 bits per heavy atom. The maximum Gasteiger partial charge on any atom is 0.215 e. The van der Waals surface area contributed by atoms with E-state index in [1.54, 1.807) is 6.20 Å². The molecule has 2 rings (SSSR count). The van der Waals surface area contributed by atoms with Crippen LogP contribution in [-0.4, -0.2) is 49.0 Å². The average Bonchev–Trinajstić information content (AvgIpc) is 2.46. The van der Waals surface area contributed by atoms with E-state index < -0.39 is 6.10 Å². The van der Waals surface area contributed by atoms with Gasteiger partial charge in [-0.3, -0.25) is 0 Å². The van der Waals surface area contributed by atoms with Crippen molar-refractivity contribution in [3.8, 4) is 5.88 Å². The van der Waals surface area contributed by atoms with Crippen molar-refractivity contribution in [2.75, 3.05) is 37.7 Å².